The molecule has 80 heavy (non-hydrogen) atoms. The lowest BCUT2D eigenvalue weighted by atomic mass is 9.35. The van der Waals surface area contributed by atoms with Gasteiger partial charge in [0, 0.05) is 45.1 Å². The van der Waals surface area contributed by atoms with Gasteiger partial charge < -0.3 is 19.1 Å². The Morgan fingerprint density at radius 1 is 0.487 bits per heavy atom. The number of fused-ring (bicyclic) bond motifs is 9. The molecule has 1 saturated carbocycles. The Hall–Kier alpha value is -7.24. The number of nitrogens with zero attached hydrogens (tertiary/aromatic N) is 3. The molecule has 2 bridgehead atoms. The van der Waals surface area contributed by atoms with E-state index in [9.17, 15) is 0 Å². The van der Waals surface area contributed by atoms with Gasteiger partial charge >= 0.3 is 0 Å². The van der Waals surface area contributed by atoms with Crippen LogP contribution in [-0.4, -0.2) is 6.71 Å². The smallest absolute Gasteiger partial charge is 0.297 e. The van der Waals surface area contributed by atoms with Gasteiger partial charge in [0.05, 0.1) is 22.7 Å². The van der Waals surface area contributed by atoms with E-state index in [-0.39, 0.29) is 39.2 Å². The lowest BCUT2D eigenvalue weighted by Crippen LogP contribution is -2.61. The largest absolute Gasteiger partial charge is 0.468 e. The molecule has 6 aliphatic rings. The van der Waals surface area contributed by atoms with Gasteiger partial charge in [-0.25, -0.2) is 0 Å². The Bertz CT molecular complexity index is 3970. The topological polar surface area (TPSA) is 22.9 Å². The second-order valence-electron chi connectivity index (χ2n) is 28.7. The van der Waals surface area contributed by atoms with E-state index in [1.807, 2.05) is 0 Å². The molecule has 15 rings (SSSR count). The molecular formula is C75H78BN3O. The molecule has 8 aromatic carbocycles. The highest BCUT2D eigenvalue weighted by atomic mass is 16.3. The third-order valence-electron chi connectivity index (χ3n) is 20.3. The van der Waals surface area contributed by atoms with Crippen LogP contribution in [0.1, 0.15) is 161 Å². The number of hydrogen-bond donors (Lipinski definition) is 0. The SMILES string of the molecule is Cc1ccccc1N(c1ccccc1)c1cc2c3c(c1)N(c1ccc(C(C)(C)C)cc1)c1c(oc4cc5c(cc14)C1(C)CCC5(C)CC1)B3c1cc3c(cc1N2c1ccc(C(C)(C)C)cc1-c1ccccc1)C(C)(C)CCC3(C)C. The summed E-state index contributed by atoms with van der Waals surface area (Å²) in [6.07, 6.45) is 7.12. The van der Waals surface area contributed by atoms with E-state index < -0.39 is 0 Å². The summed E-state index contributed by atoms with van der Waals surface area (Å²) in [6, 6.07) is 63.4. The van der Waals surface area contributed by atoms with Crippen LogP contribution in [-0.2, 0) is 32.5 Å². The summed E-state index contributed by atoms with van der Waals surface area (Å²) in [4.78, 5) is 7.82. The number of rotatable bonds is 6. The van der Waals surface area contributed by atoms with Crippen molar-refractivity contribution in [3.05, 3.63) is 203 Å². The first kappa shape index (κ1) is 50.9. The number of anilines is 9. The maximum Gasteiger partial charge on any atom is 0.297 e. The van der Waals surface area contributed by atoms with Gasteiger partial charge in [0.15, 0.2) is 0 Å². The third-order valence-corrected chi connectivity index (χ3v) is 20.3. The lowest BCUT2D eigenvalue weighted by molar-refractivity contribution is 0.188. The minimum absolute atomic E-state index is 0.0174. The Morgan fingerprint density at radius 3 is 1.68 bits per heavy atom. The van der Waals surface area contributed by atoms with Crippen molar-refractivity contribution < 1.29 is 4.42 Å². The molecule has 2 aliphatic heterocycles. The van der Waals surface area contributed by atoms with Crippen molar-refractivity contribution in [2.24, 2.45) is 0 Å². The molecule has 9 aromatic rings. The normalized spacial score (nSPS) is 20.2. The number of para-hydroxylation sites is 2. The zero-order valence-corrected chi connectivity index (χ0v) is 49.7. The fourth-order valence-corrected chi connectivity index (χ4v) is 15.1. The average molecular weight is 1050 g/mol. The van der Waals surface area contributed by atoms with Crippen molar-refractivity contribution in [3.8, 4) is 11.1 Å². The summed E-state index contributed by atoms with van der Waals surface area (Å²) < 4.78 is 7.86. The Balaban J connectivity index is 1.17. The standard InChI is InChI=1S/C75H78BN3O/c1-47-22-20-21-27-61(47)77(51-25-18-15-19-26-51)53-41-64-67-65(42-53)79(62-33-30-50(71(5,6)7)40-54(62)48-23-16-14-17-24-48)63-45-57-56(72(8,9)34-35-73(57,10)11)44-60(63)76(67)69-68(78(64)52-31-28-49(29-32-52)70(2,3)4)55-43-58-59(46-66(55)80-69)75(13)38-36-74(58,12)37-39-75/h14-33,40-46H,34-39H2,1-13H3. The first-order chi connectivity index (χ1) is 38.0. The fraction of sp³-hybridized carbons (Fsp3) is 0.333. The number of aryl methyl sites for hydroxylation is 1. The fourth-order valence-electron chi connectivity index (χ4n) is 15.1. The minimum Gasteiger partial charge on any atom is -0.468 e. The van der Waals surface area contributed by atoms with Crippen LogP contribution in [0.4, 0.5) is 51.2 Å². The van der Waals surface area contributed by atoms with Gasteiger partial charge in [0.1, 0.15) is 5.58 Å². The maximum atomic E-state index is 7.86. The van der Waals surface area contributed by atoms with Gasteiger partial charge in [0.2, 0.25) is 0 Å². The molecule has 1 fully saturated rings. The quantitative estimate of drug-likeness (QED) is 0.155. The molecule has 0 atom stereocenters. The van der Waals surface area contributed by atoms with Crippen LogP contribution in [0.25, 0.3) is 22.1 Å². The van der Waals surface area contributed by atoms with E-state index in [0.29, 0.717) is 0 Å². The average Bonchev–Trinajstić information content (AvgIpc) is 3.88. The molecule has 0 spiro atoms. The van der Waals surface area contributed by atoms with Gasteiger partial charge in [-0.2, -0.15) is 0 Å². The minimum atomic E-state index is -0.212. The molecule has 402 valence electrons. The second kappa shape index (κ2) is 17.4. The summed E-state index contributed by atoms with van der Waals surface area (Å²) >= 11 is 0. The van der Waals surface area contributed by atoms with Crippen molar-refractivity contribution >= 4 is 85.5 Å². The molecule has 0 N–H and O–H groups in total. The van der Waals surface area contributed by atoms with Crippen LogP contribution < -0.4 is 31.3 Å². The van der Waals surface area contributed by atoms with Gasteiger partial charge in [-0.15, -0.1) is 0 Å². The molecule has 0 saturated heterocycles. The summed E-state index contributed by atoms with van der Waals surface area (Å²) in [6.45, 7) is 31.0. The first-order valence-electron chi connectivity index (χ1n) is 29.8. The predicted molar refractivity (Wildman–Crippen MR) is 341 cm³/mol. The van der Waals surface area contributed by atoms with Crippen LogP contribution in [0, 0.1) is 6.92 Å². The Morgan fingerprint density at radius 2 is 1.05 bits per heavy atom. The van der Waals surface area contributed by atoms with Crippen molar-refractivity contribution in [2.75, 3.05) is 14.7 Å². The number of furan rings is 1. The van der Waals surface area contributed by atoms with Crippen LogP contribution in [0.3, 0.4) is 0 Å². The molecule has 1 aromatic heterocycles. The van der Waals surface area contributed by atoms with Gasteiger partial charge in [-0.1, -0.05) is 174 Å². The van der Waals surface area contributed by atoms with E-state index in [4.69, 9.17) is 4.42 Å². The summed E-state index contributed by atoms with van der Waals surface area (Å²) in [5.41, 5.74) is 27.3. The summed E-state index contributed by atoms with van der Waals surface area (Å²) in [5.74, 6) is 0. The van der Waals surface area contributed by atoms with Gasteiger partial charge in [-0.05, 0) is 206 Å². The van der Waals surface area contributed by atoms with Crippen LogP contribution in [0.2, 0.25) is 0 Å². The van der Waals surface area contributed by atoms with E-state index in [2.05, 4.69) is 269 Å². The van der Waals surface area contributed by atoms with Gasteiger partial charge in [0.25, 0.3) is 6.71 Å². The van der Waals surface area contributed by atoms with E-state index in [0.717, 1.165) is 52.5 Å². The molecule has 4 nitrogen and oxygen atoms in total. The van der Waals surface area contributed by atoms with Crippen molar-refractivity contribution in [3.63, 3.8) is 0 Å². The molecule has 3 heterocycles. The highest BCUT2D eigenvalue weighted by Crippen LogP contribution is 2.59. The van der Waals surface area contributed by atoms with E-state index >= 15 is 0 Å². The Labute approximate surface area is 477 Å². The molecule has 0 amide bonds. The molecule has 5 heteroatoms. The van der Waals surface area contributed by atoms with Crippen LogP contribution >= 0.6 is 0 Å². The predicted octanol–water partition coefficient (Wildman–Crippen LogP) is 19.0. The third kappa shape index (κ3) is 7.68. The highest BCUT2D eigenvalue weighted by Gasteiger charge is 2.52. The lowest BCUT2D eigenvalue weighted by Gasteiger charge is -2.52. The molecule has 0 unspecified atom stereocenters. The van der Waals surface area contributed by atoms with Crippen molar-refractivity contribution in [1.29, 1.82) is 0 Å². The maximum absolute atomic E-state index is 7.86. The molecule has 4 aliphatic carbocycles. The zero-order chi connectivity index (χ0) is 55.6. The van der Waals surface area contributed by atoms with E-state index in [1.54, 1.807) is 0 Å². The number of benzene rings is 8. The highest BCUT2D eigenvalue weighted by molar-refractivity contribution is 7.00. The summed E-state index contributed by atoms with van der Waals surface area (Å²) in [5, 5.41) is 1.21. The molecular weight excluding hydrogens is 970 g/mol. The van der Waals surface area contributed by atoms with Gasteiger partial charge in [-0.3, -0.25) is 0 Å². The van der Waals surface area contributed by atoms with Crippen molar-refractivity contribution in [1.82, 2.24) is 0 Å². The number of hydrogen-bond acceptors (Lipinski definition) is 4. The van der Waals surface area contributed by atoms with Crippen LogP contribution in [0.5, 0.6) is 0 Å². The zero-order valence-electron chi connectivity index (χ0n) is 49.7. The molecule has 0 radical (unpaired) electrons. The second-order valence-corrected chi connectivity index (χ2v) is 28.7. The monoisotopic (exact) mass is 1050 g/mol. The van der Waals surface area contributed by atoms with Crippen molar-refractivity contribution in [2.45, 2.75) is 161 Å². The van der Waals surface area contributed by atoms with Crippen LogP contribution in [0.15, 0.2) is 168 Å². The Kier molecular flexibility index (Phi) is 11.1. The first-order valence-corrected chi connectivity index (χ1v) is 29.8. The summed E-state index contributed by atoms with van der Waals surface area (Å²) in [7, 11) is 0. The van der Waals surface area contributed by atoms with E-state index in [1.165, 1.54) is 115 Å².